The molecule has 118 valence electrons. The molecule has 0 aliphatic rings. The molecule has 0 bridgehead atoms. The molecule has 1 N–H and O–H groups in total. The highest BCUT2D eigenvalue weighted by Gasteiger charge is 2.03. The average molecular weight is 299 g/mol. The second-order valence-electron chi connectivity index (χ2n) is 5.79. The number of rotatable bonds is 8. The van der Waals surface area contributed by atoms with Crippen molar-refractivity contribution < 1.29 is 9.47 Å². The third kappa shape index (κ3) is 5.32. The summed E-state index contributed by atoms with van der Waals surface area (Å²) in [7, 11) is 0. The molecule has 0 spiro atoms. The molecule has 2 aromatic carbocycles. The number of anilines is 1. The van der Waals surface area contributed by atoms with Crippen molar-refractivity contribution >= 4 is 5.69 Å². The van der Waals surface area contributed by atoms with Crippen molar-refractivity contribution in [3.05, 3.63) is 54.1 Å². The SMILES string of the molecule is Cc1ccc(OCCNc2ccccc2OCC(C)C)cc1. The van der Waals surface area contributed by atoms with Crippen LogP contribution in [0.4, 0.5) is 5.69 Å². The van der Waals surface area contributed by atoms with Gasteiger partial charge in [0.1, 0.15) is 18.1 Å². The molecule has 2 rings (SSSR count). The largest absolute Gasteiger partial charge is 0.492 e. The Labute approximate surface area is 133 Å². The second kappa shape index (κ2) is 8.32. The predicted octanol–water partition coefficient (Wildman–Crippen LogP) is 4.52. The van der Waals surface area contributed by atoms with Crippen molar-refractivity contribution in [3.63, 3.8) is 0 Å². The molecule has 0 saturated carbocycles. The van der Waals surface area contributed by atoms with Crippen LogP contribution in [0.3, 0.4) is 0 Å². The lowest BCUT2D eigenvalue weighted by atomic mass is 10.2. The first-order valence-electron chi connectivity index (χ1n) is 7.80. The van der Waals surface area contributed by atoms with E-state index in [0.29, 0.717) is 12.5 Å². The minimum Gasteiger partial charge on any atom is -0.492 e. The summed E-state index contributed by atoms with van der Waals surface area (Å²) in [5.41, 5.74) is 2.25. The van der Waals surface area contributed by atoms with E-state index < -0.39 is 0 Å². The van der Waals surface area contributed by atoms with Gasteiger partial charge in [-0.2, -0.15) is 0 Å². The molecule has 0 heterocycles. The Morgan fingerprint density at radius 3 is 2.41 bits per heavy atom. The minimum absolute atomic E-state index is 0.512. The van der Waals surface area contributed by atoms with Crippen LogP contribution in [0.2, 0.25) is 0 Å². The van der Waals surface area contributed by atoms with Crippen LogP contribution in [-0.4, -0.2) is 19.8 Å². The molecular formula is C19H25NO2. The highest BCUT2D eigenvalue weighted by Crippen LogP contribution is 2.24. The Hall–Kier alpha value is -2.16. The van der Waals surface area contributed by atoms with E-state index in [1.165, 1.54) is 5.56 Å². The number of hydrogen-bond acceptors (Lipinski definition) is 3. The van der Waals surface area contributed by atoms with Gasteiger partial charge in [-0.05, 0) is 37.1 Å². The summed E-state index contributed by atoms with van der Waals surface area (Å²) < 4.78 is 11.5. The van der Waals surface area contributed by atoms with Gasteiger partial charge in [-0.15, -0.1) is 0 Å². The van der Waals surface area contributed by atoms with E-state index in [9.17, 15) is 0 Å². The fraction of sp³-hybridized carbons (Fsp3) is 0.368. The van der Waals surface area contributed by atoms with E-state index in [4.69, 9.17) is 9.47 Å². The predicted molar refractivity (Wildman–Crippen MR) is 91.9 cm³/mol. The van der Waals surface area contributed by atoms with Crippen LogP contribution in [0.25, 0.3) is 0 Å². The van der Waals surface area contributed by atoms with Gasteiger partial charge in [0.25, 0.3) is 0 Å². The topological polar surface area (TPSA) is 30.5 Å². The molecule has 0 amide bonds. The number of hydrogen-bond donors (Lipinski definition) is 1. The summed E-state index contributed by atoms with van der Waals surface area (Å²) in [6, 6.07) is 16.1. The zero-order valence-corrected chi connectivity index (χ0v) is 13.6. The molecule has 0 unspecified atom stereocenters. The maximum atomic E-state index is 5.82. The van der Waals surface area contributed by atoms with Crippen LogP contribution in [0.1, 0.15) is 19.4 Å². The van der Waals surface area contributed by atoms with Crippen molar-refractivity contribution in [1.82, 2.24) is 0 Å². The van der Waals surface area contributed by atoms with Gasteiger partial charge in [0.15, 0.2) is 0 Å². The highest BCUT2D eigenvalue weighted by atomic mass is 16.5. The van der Waals surface area contributed by atoms with Gasteiger partial charge in [-0.3, -0.25) is 0 Å². The maximum absolute atomic E-state index is 5.82. The number of nitrogens with one attached hydrogen (secondary N) is 1. The number of benzene rings is 2. The Balaban J connectivity index is 1.80. The van der Waals surface area contributed by atoms with Crippen LogP contribution in [-0.2, 0) is 0 Å². The summed E-state index contributed by atoms with van der Waals surface area (Å²) in [6.07, 6.45) is 0. The highest BCUT2D eigenvalue weighted by molar-refractivity contribution is 5.56. The van der Waals surface area contributed by atoms with Crippen LogP contribution in [0.15, 0.2) is 48.5 Å². The third-order valence-corrected chi connectivity index (χ3v) is 3.17. The zero-order chi connectivity index (χ0) is 15.8. The average Bonchev–Trinajstić information content (AvgIpc) is 2.52. The zero-order valence-electron chi connectivity index (χ0n) is 13.6. The number of para-hydroxylation sites is 2. The van der Waals surface area contributed by atoms with Gasteiger partial charge in [-0.25, -0.2) is 0 Å². The Morgan fingerprint density at radius 2 is 1.68 bits per heavy atom. The second-order valence-corrected chi connectivity index (χ2v) is 5.79. The van der Waals surface area contributed by atoms with Crippen molar-refractivity contribution in [2.45, 2.75) is 20.8 Å². The van der Waals surface area contributed by atoms with Crippen LogP contribution < -0.4 is 14.8 Å². The summed E-state index contributed by atoms with van der Waals surface area (Å²) in [5, 5.41) is 3.37. The van der Waals surface area contributed by atoms with Crippen molar-refractivity contribution in [1.29, 1.82) is 0 Å². The molecule has 0 aromatic heterocycles. The first-order valence-corrected chi connectivity index (χ1v) is 7.80. The number of aryl methyl sites for hydroxylation is 1. The molecule has 0 radical (unpaired) electrons. The lowest BCUT2D eigenvalue weighted by Crippen LogP contribution is -2.13. The normalized spacial score (nSPS) is 10.5. The quantitative estimate of drug-likeness (QED) is 0.727. The maximum Gasteiger partial charge on any atom is 0.142 e. The van der Waals surface area contributed by atoms with Crippen molar-refractivity contribution in [2.75, 3.05) is 25.1 Å². The Kier molecular flexibility index (Phi) is 6.13. The van der Waals surface area contributed by atoms with Gasteiger partial charge < -0.3 is 14.8 Å². The summed E-state index contributed by atoms with van der Waals surface area (Å²) in [6.45, 7) is 8.42. The van der Waals surface area contributed by atoms with Crippen LogP contribution in [0.5, 0.6) is 11.5 Å². The molecule has 2 aromatic rings. The Bertz CT molecular complexity index is 564. The van der Waals surface area contributed by atoms with Crippen molar-refractivity contribution in [2.24, 2.45) is 5.92 Å². The molecular weight excluding hydrogens is 274 g/mol. The molecule has 0 saturated heterocycles. The first-order chi connectivity index (χ1) is 10.6. The minimum atomic E-state index is 0.512. The molecule has 0 aliphatic heterocycles. The van der Waals surface area contributed by atoms with Crippen LogP contribution >= 0.6 is 0 Å². The lowest BCUT2D eigenvalue weighted by Gasteiger charge is -2.14. The van der Waals surface area contributed by atoms with Crippen LogP contribution in [0, 0.1) is 12.8 Å². The standard InChI is InChI=1S/C19H25NO2/c1-15(2)14-22-19-7-5-4-6-18(19)20-12-13-21-17-10-8-16(3)9-11-17/h4-11,15,20H,12-14H2,1-3H3. The monoisotopic (exact) mass is 299 g/mol. The van der Waals surface area contributed by atoms with Gasteiger partial charge in [0, 0.05) is 6.54 Å². The van der Waals surface area contributed by atoms with Gasteiger partial charge in [0.05, 0.1) is 12.3 Å². The summed E-state index contributed by atoms with van der Waals surface area (Å²) >= 11 is 0. The number of ether oxygens (including phenoxy) is 2. The van der Waals surface area contributed by atoms with Gasteiger partial charge in [-0.1, -0.05) is 43.7 Å². The summed E-state index contributed by atoms with van der Waals surface area (Å²) in [4.78, 5) is 0. The molecule has 3 nitrogen and oxygen atoms in total. The fourth-order valence-corrected chi connectivity index (χ4v) is 1.98. The lowest BCUT2D eigenvalue weighted by molar-refractivity contribution is 0.272. The Morgan fingerprint density at radius 1 is 0.955 bits per heavy atom. The fourth-order valence-electron chi connectivity index (χ4n) is 1.98. The van der Waals surface area contributed by atoms with Gasteiger partial charge >= 0.3 is 0 Å². The smallest absolute Gasteiger partial charge is 0.142 e. The third-order valence-electron chi connectivity index (χ3n) is 3.17. The summed E-state index contributed by atoms with van der Waals surface area (Å²) in [5.74, 6) is 2.31. The van der Waals surface area contributed by atoms with Crippen molar-refractivity contribution in [3.8, 4) is 11.5 Å². The molecule has 0 fully saturated rings. The molecule has 0 aliphatic carbocycles. The molecule has 22 heavy (non-hydrogen) atoms. The van der Waals surface area contributed by atoms with E-state index in [0.717, 1.165) is 30.3 Å². The molecule has 3 heteroatoms. The molecule has 0 atom stereocenters. The van der Waals surface area contributed by atoms with E-state index >= 15 is 0 Å². The first kappa shape index (κ1) is 16.2. The van der Waals surface area contributed by atoms with E-state index in [1.807, 2.05) is 36.4 Å². The van der Waals surface area contributed by atoms with E-state index in [2.05, 4.69) is 38.2 Å². The van der Waals surface area contributed by atoms with E-state index in [1.54, 1.807) is 0 Å². The van der Waals surface area contributed by atoms with Gasteiger partial charge in [0.2, 0.25) is 0 Å². The van der Waals surface area contributed by atoms with E-state index in [-0.39, 0.29) is 0 Å².